The molecule has 0 aromatic heterocycles. The average Bonchev–Trinajstić information content (AvgIpc) is 2.63. The van der Waals surface area contributed by atoms with Gasteiger partial charge in [0.2, 0.25) is 5.91 Å². The van der Waals surface area contributed by atoms with E-state index in [-0.39, 0.29) is 18.4 Å². The van der Waals surface area contributed by atoms with Crippen molar-refractivity contribution in [2.75, 3.05) is 18.9 Å². The maximum atomic E-state index is 12.7. The Morgan fingerprint density at radius 2 is 1.67 bits per heavy atom. The molecule has 2 rings (SSSR count). The highest BCUT2D eigenvalue weighted by Crippen LogP contribution is 2.22. The first-order valence-electron chi connectivity index (χ1n) is 9.16. The highest BCUT2D eigenvalue weighted by Gasteiger charge is 2.24. The predicted molar refractivity (Wildman–Crippen MR) is 108 cm³/mol. The molecule has 0 aliphatic rings. The Bertz CT molecular complexity index is 779. The van der Waals surface area contributed by atoms with E-state index in [0.717, 1.165) is 22.4 Å². The minimum absolute atomic E-state index is 0.0275. The first kappa shape index (κ1) is 20.5. The molecule has 0 fully saturated rings. The van der Waals surface area contributed by atoms with Crippen LogP contribution >= 0.6 is 0 Å². The number of nitrogens with one attached hydrogen (secondary N) is 1. The number of aryl methyl sites for hydroxylation is 3. The third-order valence-electron chi connectivity index (χ3n) is 4.37. The van der Waals surface area contributed by atoms with Crippen molar-refractivity contribution in [1.82, 2.24) is 4.90 Å². The Hall–Kier alpha value is -2.82. The number of ether oxygens (including phenoxy) is 1. The van der Waals surface area contributed by atoms with Crippen LogP contribution in [0.1, 0.15) is 30.0 Å². The Morgan fingerprint density at radius 3 is 2.22 bits per heavy atom. The van der Waals surface area contributed by atoms with E-state index < -0.39 is 6.10 Å². The largest absolute Gasteiger partial charge is 0.481 e. The van der Waals surface area contributed by atoms with Crippen molar-refractivity contribution in [2.24, 2.45) is 0 Å². The number of amides is 2. The van der Waals surface area contributed by atoms with Gasteiger partial charge in [0.25, 0.3) is 5.91 Å². The van der Waals surface area contributed by atoms with Crippen LogP contribution in [0.2, 0.25) is 0 Å². The molecule has 1 atom stereocenters. The van der Waals surface area contributed by atoms with Crippen molar-refractivity contribution in [2.45, 2.75) is 40.2 Å². The molecule has 0 spiro atoms. The minimum Gasteiger partial charge on any atom is -0.481 e. The van der Waals surface area contributed by atoms with Gasteiger partial charge in [-0.25, -0.2) is 0 Å². The summed E-state index contributed by atoms with van der Waals surface area (Å²) in [5.74, 6) is 0.200. The second kappa shape index (κ2) is 9.21. The molecule has 0 unspecified atom stereocenters. The van der Waals surface area contributed by atoms with Crippen molar-refractivity contribution in [3.8, 4) is 5.75 Å². The van der Waals surface area contributed by atoms with Crippen molar-refractivity contribution in [3.63, 3.8) is 0 Å². The van der Waals surface area contributed by atoms with E-state index in [0.29, 0.717) is 12.2 Å². The summed E-state index contributed by atoms with van der Waals surface area (Å²) >= 11 is 0. The summed E-state index contributed by atoms with van der Waals surface area (Å²) in [6, 6.07) is 13.3. The third kappa shape index (κ3) is 5.58. The van der Waals surface area contributed by atoms with E-state index in [4.69, 9.17) is 4.74 Å². The van der Waals surface area contributed by atoms with Crippen LogP contribution < -0.4 is 10.1 Å². The molecule has 2 aromatic carbocycles. The Labute approximate surface area is 161 Å². The number of hydrogen-bond acceptors (Lipinski definition) is 3. The maximum Gasteiger partial charge on any atom is 0.263 e. The van der Waals surface area contributed by atoms with E-state index in [1.54, 1.807) is 7.05 Å². The standard InChI is InChI=1S/C22H28N2O3/c1-6-19(27-18-10-8-7-9-11-18)22(26)24(5)14-20(25)23-21-16(3)12-15(2)13-17(21)4/h7-13,19H,6,14H2,1-5H3,(H,23,25)/t19-/m0/s1. The number of hydrogen-bond donors (Lipinski definition) is 1. The van der Waals surface area contributed by atoms with Gasteiger partial charge < -0.3 is 15.0 Å². The van der Waals surface area contributed by atoms with Crippen LogP contribution in [0, 0.1) is 20.8 Å². The molecule has 0 heterocycles. The number of benzene rings is 2. The monoisotopic (exact) mass is 368 g/mol. The SMILES string of the molecule is CC[C@H](Oc1ccccc1)C(=O)N(C)CC(=O)Nc1c(C)cc(C)cc1C. The lowest BCUT2D eigenvalue weighted by molar-refractivity contribution is -0.139. The van der Waals surface area contributed by atoms with Gasteiger partial charge in [0.15, 0.2) is 6.10 Å². The van der Waals surface area contributed by atoms with E-state index >= 15 is 0 Å². The molecule has 2 aromatic rings. The first-order chi connectivity index (χ1) is 12.8. The van der Waals surface area contributed by atoms with E-state index in [2.05, 4.69) is 5.32 Å². The van der Waals surface area contributed by atoms with Crippen molar-refractivity contribution in [3.05, 3.63) is 59.2 Å². The highest BCUT2D eigenvalue weighted by atomic mass is 16.5. The molecule has 27 heavy (non-hydrogen) atoms. The fourth-order valence-corrected chi connectivity index (χ4v) is 3.07. The van der Waals surface area contributed by atoms with Gasteiger partial charge in [0.05, 0.1) is 6.54 Å². The summed E-state index contributed by atoms with van der Waals surface area (Å²) in [5, 5.41) is 2.92. The zero-order valence-corrected chi connectivity index (χ0v) is 16.7. The molecule has 5 nitrogen and oxygen atoms in total. The van der Waals surface area contributed by atoms with Crippen molar-refractivity contribution in [1.29, 1.82) is 0 Å². The second-order valence-corrected chi connectivity index (χ2v) is 6.84. The lowest BCUT2D eigenvalue weighted by Gasteiger charge is -2.24. The fourth-order valence-electron chi connectivity index (χ4n) is 3.07. The highest BCUT2D eigenvalue weighted by molar-refractivity contribution is 5.96. The average molecular weight is 368 g/mol. The summed E-state index contributed by atoms with van der Waals surface area (Å²) in [5.41, 5.74) is 3.97. The Morgan fingerprint density at radius 1 is 1.07 bits per heavy atom. The van der Waals surface area contributed by atoms with Crippen LogP contribution in [0.15, 0.2) is 42.5 Å². The van der Waals surface area contributed by atoms with Gasteiger partial charge in [-0.2, -0.15) is 0 Å². The number of anilines is 1. The summed E-state index contributed by atoms with van der Waals surface area (Å²) in [7, 11) is 1.62. The van der Waals surface area contributed by atoms with E-state index in [1.165, 1.54) is 4.90 Å². The molecule has 0 radical (unpaired) electrons. The van der Waals surface area contributed by atoms with Gasteiger partial charge in [0.1, 0.15) is 5.75 Å². The lowest BCUT2D eigenvalue weighted by atomic mass is 10.1. The van der Waals surface area contributed by atoms with Crippen LogP contribution in [0.25, 0.3) is 0 Å². The first-order valence-corrected chi connectivity index (χ1v) is 9.16. The quantitative estimate of drug-likeness (QED) is 0.807. The fraction of sp³-hybridized carbons (Fsp3) is 0.364. The summed E-state index contributed by atoms with van der Waals surface area (Å²) in [6.07, 6.45) is -0.0939. The molecule has 0 aliphatic heterocycles. The normalized spacial score (nSPS) is 11.6. The van der Waals surface area contributed by atoms with Gasteiger partial charge in [-0.15, -0.1) is 0 Å². The van der Waals surface area contributed by atoms with Crippen LogP contribution in [0.5, 0.6) is 5.75 Å². The van der Waals surface area contributed by atoms with Crippen LogP contribution in [-0.2, 0) is 9.59 Å². The van der Waals surface area contributed by atoms with Gasteiger partial charge in [-0.3, -0.25) is 9.59 Å². The molecule has 0 bridgehead atoms. The maximum absolute atomic E-state index is 12.7. The smallest absolute Gasteiger partial charge is 0.263 e. The van der Waals surface area contributed by atoms with Crippen molar-refractivity contribution < 1.29 is 14.3 Å². The number of carbonyl (C=O) groups is 2. The summed E-state index contributed by atoms with van der Waals surface area (Å²) in [4.78, 5) is 26.5. The summed E-state index contributed by atoms with van der Waals surface area (Å²) < 4.78 is 5.77. The topological polar surface area (TPSA) is 58.6 Å². The third-order valence-corrected chi connectivity index (χ3v) is 4.37. The van der Waals surface area contributed by atoms with Gasteiger partial charge >= 0.3 is 0 Å². The molecule has 0 aliphatic carbocycles. The number of nitrogens with zero attached hydrogens (tertiary/aromatic N) is 1. The number of carbonyl (C=O) groups excluding carboxylic acids is 2. The molecule has 5 heteroatoms. The van der Waals surface area contributed by atoms with Crippen LogP contribution in [-0.4, -0.2) is 36.4 Å². The van der Waals surface area contributed by atoms with E-state index in [1.807, 2.05) is 70.2 Å². The lowest BCUT2D eigenvalue weighted by Crippen LogP contribution is -2.43. The van der Waals surface area contributed by atoms with Crippen LogP contribution in [0.3, 0.4) is 0 Å². The molecule has 2 amide bonds. The molecule has 144 valence electrons. The van der Waals surface area contributed by atoms with Crippen LogP contribution in [0.4, 0.5) is 5.69 Å². The molecule has 1 N–H and O–H groups in total. The van der Waals surface area contributed by atoms with E-state index in [9.17, 15) is 9.59 Å². The molecular weight excluding hydrogens is 340 g/mol. The number of likely N-dealkylation sites (N-methyl/N-ethyl adjacent to an activating group) is 1. The Balaban J connectivity index is 1.99. The summed E-state index contributed by atoms with van der Waals surface area (Å²) in [6.45, 7) is 7.81. The van der Waals surface area contributed by atoms with Gasteiger partial charge in [0, 0.05) is 12.7 Å². The zero-order valence-electron chi connectivity index (χ0n) is 16.7. The zero-order chi connectivity index (χ0) is 20.0. The minimum atomic E-state index is -0.618. The second-order valence-electron chi connectivity index (χ2n) is 6.84. The molecule has 0 saturated carbocycles. The van der Waals surface area contributed by atoms with Gasteiger partial charge in [-0.1, -0.05) is 42.8 Å². The van der Waals surface area contributed by atoms with Crippen molar-refractivity contribution >= 4 is 17.5 Å². The predicted octanol–water partition coefficient (Wildman–Crippen LogP) is 3.87. The number of para-hydroxylation sites is 1. The molecule has 0 saturated heterocycles. The Kier molecular flexibility index (Phi) is 6.99. The molecular formula is C22H28N2O3. The number of rotatable bonds is 7. The van der Waals surface area contributed by atoms with Gasteiger partial charge in [-0.05, 0) is 50.5 Å².